The van der Waals surface area contributed by atoms with E-state index in [0.717, 1.165) is 17.9 Å². The monoisotopic (exact) mass is 261 g/mol. The van der Waals surface area contributed by atoms with Gasteiger partial charge in [-0.2, -0.15) is 0 Å². The Morgan fingerprint density at radius 1 is 1.32 bits per heavy atom. The van der Waals surface area contributed by atoms with Gasteiger partial charge in [-0.05, 0) is 30.2 Å². The Balaban J connectivity index is 1.97. The van der Waals surface area contributed by atoms with Gasteiger partial charge in [0.1, 0.15) is 0 Å². The third-order valence-electron chi connectivity index (χ3n) is 4.55. The number of benzene rings is 1. The van der Waals surface area contributed by atoms with Gasteiger partial charge in [-0.25, -0.2) is 0 Å². The lowest BCUT2D eigenvalue weighted by atomic mass is 9.96. The van der Waals surface area contributed by atoms with Crippen molar-refractivity contribution in [1.82, 2.24) is 5.32 Å². The molecule has 1 aromatic carbocycles. The molecule has 4 unspecified atom stereocenters. The molecule has 19 heavy (non-hydrogen) atoms. The highest BCUT2D eigenvalue weighted by Gasteiger charge is 2.30. The van der Waals surface area contributed by atoms with Crippen LogP contribution in [0.25, 0.3) is 0 Å². The van der Waals surface area contributed by atoms with E-state index < -0.39 is 11.9 Å². The second kappa shape index (κ2) is 6.20. The Labute approximate surface area is 115 Å². The first-order chi connectivity index (χ1) is 9.09. The summed E-state index contributed by atoms with van der Waals surface area (Å²) in [7, 11) is 0. The Kier molecular flexibility index (Phi) is 4.59. The summed E-state index contributed by atoms with van der Waals surface area (Å²) in [5, 5.41) is 12.8. The molecule has 0 bridgehead atoms. The van der Waals surface area contributed by atoms with Gasteiger partial charge in [-0.1, -0.05) is 44.2 Å². The van der Waals surface area contributed by atoms with Crippen molar-refractivity contribution in [3.63, 3.8) is 0 Å². The normalized spacial score (nSPS) is 28.2. The van der Waals surface area contributed by atoms with Gasteiger partial charge in [-0.3, -0.25) is 4.79 Å². The standard InChI is InChI=1S/C16H23NO2/c1-11-8-9-15(12(11)2)17-10-14(16(18)19)13-6-4-3-5-7-13/h3-7,11-12,14-15,17H,8-10H2,1-2H3,(H,18,19). The molecular weight excluding hydrogens is 238 g/mol. The number of hydrogen-bond acceptors (Lipinski definition) is 2. The summed E-state index contributed by atoms with van der Waals surface area (Å²) in [6, 6.07) is 9.94. The van der Waals surface area contributed by atoms with Crippen molar-refractivity contribution < 1.29 is 9.90 Å². The third kappa shape index (κ3) is 3.35. The van der Waals surface area contributed by atoms with Crippen LogP contribution in [0.5, 0.6) is 0 Å². The molecule has 3 nitrogen and oxygen atoms in total. The first-order valence-electron chi connectivity index (χ1n) is 7.10. The van der Waals surface area contributed by atoms with Crippen LogP contribution in [0.2, 0.25) is 0 Å². The van der Waals surface area contributed by atoms with Gasteiger partial charge in [-0.15, -0.1) is 0 Å². The summed E-state index contributed by atoms with van der Waals surface area (Å²) in [5.41, 5.74) is 0.876. The van der Waals surface area contributed by atoms with Crippen LogP contribution in [-0.2, 0) is 4.79 Å². The van der Waals surface area contributed by atoms with Gasteiger partial charge in [0, 0.05) is 12.6 Å². The molecule has 0 heterocycles. The number of rotatable bonds is 5. The van der Waals surface area contributed by atoms with E-state index in [1.165, 1.54) is 6.42 Å². The highest BCUT2D eigenvalue weighted by molar-refractivity contribution is 5.76. The number of carboxylic acids is 1. The van der Waals surface area contributed by atoms with Crippen LogP contribution in [0.3, 0.4) is 0 Å². The zero-order valence-electron chi connectivity index (χ0n) is 11.7. The smallest absolute Gasteiger partial charge is 0.312 e. The van der Waals surface area contributed by atoms with E-state index in [0.29, 0.717) is 18.5 Å². The van der Waals surface area contributed by atoms with Crippen molar-refractivity contribution in [2.45, 2.75) is 38.6 Å². The summed E-state index contributed by atoms with van der Waals surface area (Å²) in [6.07, 6.45) is 2.39. The van der Waals surface area contributed by atoms with Crippen molar-refractivity contribution >= 4 is 5.97 Å². The minimum Gasteiger partial charge on any atom is -0.481 e. The lowest BCUT2D eigenvalue weighted by Crippen LogP contribution is -2.37. The number of aliphatic carboxylic acids is 1. The van der Waals surface area contributed by atoms with Crippen LogP contribution < -0.4 is 5.32 Å². The largest absolute Gasteiger partial charge is 0.481 e. The second-order valence-electron chi connectivity index (χ2n) is 5.73. The van der Waals surface area contributed by atoms with Gasteiger partial charge >= 0.3 is 5.97 Å². The second-order valence-corrected chi connectivity index (χ2v) is 5.73. The summed E-state index contributed by atoms with van der Waals surface area (Å²) in [6.45, 7) is 5.05. The molecule has 0 spiro atoms. The molecule has 0 amide bonds. The molecular formula is C16H23NO2. The Hall–Kier alpha value is -1.35. The van der Waals surface area contributed by atoms with Gasteiger partial charge in [0.15, 0.2) is 0 Å². The van der Waals surface area contributed by atoms with Crippen molar-refractivity contribution in [2.75, 3.05) is 6.54 Å². The molecule has 1 fully saturated rings. The quantitative estimate of drug-likeness (QED) is 0.857. The predicted molar refractivity (Wildman–Crippen MR) is 76.2 cm³/mol. The van der Waals surface area contributed by atoms with Gasteiger partial charge < -0.3 is 10.4 Å². The fourth-order valence-corrected chi connectivity index (χ4v) is 2.96. The van der Waals surface area contributed by atoms with Crippen LogP contribution in [0.15, 0.2) is 30.3 Å². The average molecular weight is 261 g/mol. The molecule has 1 aliphatic carbocycles. The molecule has 0 saturated heterocycles. The summed E-state index contributed by atoms with van der Waals surface area (Å²) in [5.74, 6) is 0.157. The average Bonchev–Trinajstić information content (AvgIpc) is 2.72. The highest BCUT2D eigenvalue weighted by atomic mass is 16.4. The molecule has 2 N–H and O–H groups in total. The number of carboxylic acid groups (broad SMARTS) is 1. The summed E-state index contributed by atoms with van der Waals surface area (Å²) < 4.78 is 0. The molecule has 0 aromatic heterocycles. The minimum absolute atomic E-state index is 0.454. The van der Waals surface area contributed by atoms with Crippen LogP contribution in [-0.4, -0.2) is 23.7 Å². The molecule has 0 radical (unpaired) electrons. The van der Waals surface area contributed by atoms with Crippen LogP contribution in [0, 0.1) is 11.8 Å². The number of hydrogen-bond donors (Lipinski definition) is 2. The van der Waals surface area contributed by atoms with Crippen molar-refractivity contribution in [1.29, 1.82) is 0 Å². The Morgan fingerprint density at radius 2 is 2.00 bits per heavy atom. The van der Waals surface area contributed by atoms with Gasteiger partial charge in [0.05, 0.1) is 5.92 Å². The van der Waals surface area contributed by atoms with Gasteiger partial charge in [0.25, 0.3) is 0 Å². The molecule has 3 heteroatoms. The molecule has 1 aliphatic rings. The fraction of sp³-hybridized carbons (Fsp3) is 0.562. The summed E-state index contributed by atoms with van der Waals surface area (Å²) >= 11 is 0. The molecule has 104 valence electrons. The van der Waals surface area contributed by atoms with Crippen molar-refractivity contribution in [3.8, 4) is 0 Å². The Bertz CT molecular complexity index is 418. The van der Waals surface area contributed by atoms with E-state index in [1.54, 1.807) is 0 Å². The van der Waals surface area contributed by atoms with E-state index in [9.17, 15) is 9.90 Å². The molecule has 2 rings (SSSR count). The molecule has 0 aliphatic heterocycles. The maximum Gasteiger partial charge on any atom is 0.312 e. The zero-order chi connectivity index (χ0) is 13.8. The van der Waals surface area contributed by atoms with E-state index in [4.69, 9.17) is 0 Å². The SMILES string of the molecule is CC1CCC(NCC(C(=O)O)c2ccccc2)C1C. The van der Waals surface area contributed by atoms with Crippen LogP contribution >= 0.6 is 0 Å². The molecule has 1 aromatic rings. The molecule has 1 saturated carbocycles. The lowest BCUT2D eigenvalue weighted by Gasteiger charge is -2.22. The zero-order valence-corrected chi connectivity index (χ0v) is 11.7. The maximum atomic E-state index is 11.4. The van der Waals surface area contributed by atoms with E-state index in [1.807, 2.05) is 30.3 Å². The van der Waals surface area contributed by atoms with Crippen LogP contribution in [0.4, 0.5) is 0 Å². The predicted octanol–water partition coefficient (Wildman–Crippen LogP) is 2.88. The summed E-state index contributed by atoms with van der Waals surface area (Å²) in [4.78, 5) is 11.4. The minimum atomic E-state index is -0.752. The van der Waals surface area contributed by atoms with Crippen LogP contribution in [0.1, 0.15) is 38.2 Å². The number of carbonyl (C=O) groups is 1. The van der Waals surface area contributed by atoms with E-state index in [-0.39, 0.29) is 0 Å². The first kappa shape index (κ1) is 14.1. The van der Waals surface area contributed by atoms with Crippen molar-refractivity contribution in [3.05, 3.63) is 35.9 Å². The fourth-order valence-electron chi connectivity index (χ4n) is 2.96. The maximum absolute atomic E-state index is 11.4. The first-order valence-corrected chi connectivity index (χ1v) is 7.10. The highest BCUT2D eigenvalue weighted by Crippen LogP contribution is 2.31. The molecule has 4 atom stereocenters. The van der Waals surface area contributed by atoms with E-state index in [2.05, 4.69) is 19.2 Å². The van der Waals surface area contributed by atoms with Gasteiger partial charge in [0.2, 0.25) is 0 Å². The topological polar surface area (TPSA) is 49.3 Å². The van der Waals surface area contributed by atoms with Crippen molar-refractivity contribution in [2.24, 2.45) is 11.8 Å². The Morgan fingerprint density at radius 3 is 2.53 bits per heavy atom. The third-order valence-corrected chi connectivity index (χ3v) is 4.55. The number of nitrogens with one attached hydrogen (secondary N) is 1. The van der Waals surface area contributed by atoms with E-state index >= 15 is 0 Å². The lowest BCUT2D eigenvalue weighted by molar-refractivity contribution is -0.138.